The molecule has 0 heterocycles. The molecular weight excluding hydrogens is 232 g/mol. The van der Waals surface area contributed by atoms with Gasteiger partial charge >= 0.3 is 0 Å². The van der Waals surface area contributed by atoms with E-state index in [2.05, 4.69) is 19.6 Å². The molecule has 0 unspecified atom stereocenters. The molecule has 0 atom stereocenters. The summed E-state index contributed by atoms with van der Waals surface area (Å²) in [5.41, 5.74) is 3.34. The average Bonchev–Trinajstić information content (AvgIpc) is 2.44. The van der Waals surface area contributed by atoms with E-state index in [1.165, 1.54) is 5.56 Å². The van der Waals surface area contributed by atoms with E-state index in [1.807, 2.05) is 63.2 Å². The highest BCUT2D eigenvalue weighted by Gasteiger charge is 2.05. The molecule has 2 aromatic rings. The number of para-hydroxylation sites is 1. The third-order valence-corrected chi connectivity index (χ3v) is 2.77. The van der Waals surface area contributed by atoms with Crippen molar-refractivity contribution in [3.63, 3.8) is 0 Å². The van der Waals surface area contributed by atoms with Gasteiger partial charge < -0.3 is 4.74 Å². The van der Waals surface area contributed by atoms with Crippen LogP contribution in [0.2, 0.25) is 0 Å². The molecule has 2 rings (SSSR count). The highest BCUT2D eigenvalue weighted by Crippen LogP contribution is 2.24. The van der Waals surface area contributed by atoms with Gasteiger partial charge in [-0.25, -0.2) is 0 Å². The number of aryl methyl sites for hydroxylation is 2. The summed E-state index contributed by atoms with van der Waals surface area (Å²) < 4.78 is 5.82. The third-order valence-electron chi connectivity index (χ3n) is 2.77. The minimum Gasteiger partial charge on any atom is -0.457 e. The van der Waals surface area contributed by atoms with E-state index in [0.717, 1.165) is 16.9 Å². The zero-order valence-corrected chi connectivity index (χ0v) is 12.2. The van der Waals surface area contributed by atoms with Gasteiger partial charge in [0.15, 0.2) is 0 Å². The minimum absolute atomic E-state index is 0.692. The van der Waals surface area contributed by atoms with Gasteiger partial charge in [-0.05, 0) is 31.0 Å². The molecule has 0 N–H and O–H groups in total. The first kappa shape index (κ1) is 15.0. The summed E-state index contributed by atoms with van der Waals surface area (Å²) in [6.45, 7) is 12.1. The van der Waals surface area contributed by atoms with Crippen LogP contribution < -0.4 is 4.74 Å². The molecule has 0 saturated carbocycles. The van der Waals surface area contributed by atoms with Gasteiger partial charge in [0.25, 0.3) is 0 Å². The van der Waals surface area contributed by atoms with Crippen LogP contribution in [-0.2, 0) is 0 Å². The lowest BCUT2D eigenvalue weighted by Gasteiger charge is -2.12. The van der Waals surface area contributed by atoms with Crippen LogP contribution in [0.1, 0.15) is 30.5 Å². The van der Waals surface area contributed by atoms with E-state index in [0.29, 0.717) is 5.76 Å². The molecule has 0 bridgehead atoms. The Morgan fingerprint density at radius 2 is 1.37 bits per heavy atom. The number of hydrogen-bond acceptors (Lipinski definition) is 1. The van der Waals surface area contributed by atoms with E-state index in [4.69, 9.17) is 4.74 Å². The molecular formula is C18H22O. The van der Waals surface area contributed by atoms with Gasteiger partial charge in [0, 0.05) is 5.56 Å². The van der Waals surface area contributed by atoms with Gasteiger partial charge in [0.2, 0.25) is 0 Å². The van der Waals surface area contributed by atoms with Crippen LogP contribution in [0, 0.1) is 13.8 Å². The molecule has 0 saturated heterocycles. The lowest BCUT2D eigenvalue weighted by atomic mass is 10.1. The smallest absolute Gasteiger partial charge is 0.130 e. The van der Waals surface area contributed by atoms with E-state index in [9.17, 15) is 0 Å². The average molecular weight is 254 g/mol. The zero-order valence-electron chi connectivity index (χ0n) is 12.2. The fourth-order valence-corrected chi connectivity index (χ4v) is 1.74. The first-order chi connectivity index (χ1) is 9.18. The van der Waals surface area contributed by atoms with Crippen molar-refractivity contribution in [3.8, 4) is 5.75 Å². The van der Waals surface area contributed by atoms with Crippen molar-refractivity contribution < 1.29 is 4.74 Å². The molecule has 2 aromatic carbocycles. The fraction of sp³-hybridized carbons (Fsp3) is 0.222. The van der Waals surface area contributed by atoms with Crippen LogP contribution in [0.3, 0.4) is 0 Å². The summed E-state index contributed by atoms with van der Waals surface area (Å²) in [6.07, 6.45) is 0. The van der Waals surface area contributed by atoms with Crippen LogP contribution >= 0.6 is 0 Å². The van der Waals surface area contributed by atoms with Crippen LogP contribution in [-0.4, -0.2) is 0 Å². The zero-order chi connectivity index (χ0) is 14.3. The highest BCUT2D eigenvalue weighted by atomic mass is 16.5. The lowest BCUT2D eigenvalue weighted by molar-refractivity contribution is 0.512. The van der Waals surface area contributed by atoms with Crippen molar-refractivity contribution >= 4 is 5.76 Å². The molecule has 0 aromatic heterocycles. The molecule has 0 aliphatic carbocycles. The summed E-state index contributed by atoms with van der Waals surface area (Å²) in [5.74, 6) is 1.55. The Kier molecular flexibility index (Phi) is 5.87. The maximum absolute atomic E-state index is 5.82. The minimum atomic E-state index is 0.692. The Labute approximate surface area is 116 Å². The second kappa shape index (κ2) is 7.42. The number of rotatable bonds is 3. The van der Waals surface area contributed by atoms with Crippen LogP contribution in [0.4, 0.5) is 0 Å². The molecule has 0 aliphatic heterocycles. The van der Waals surface area contributed by atoms with E-state index < -0.39 is 0 Å². The largest absolute Gasteiger partial charge is 0.457 e. The first-order valence-electron chi connectivity index (χ1n) is 6.67. The molecule has 0 radical (unpaired) electrons. The second-order valence-corrected chi connectivity index (χ2v) is 4.11. The Bertz CT molecular complexity index is 541. The quantitative estimate of drug-likeness (QED) is 0.668. The summed E-state index contributed by atoms with van der Waals surface area (Å²) in [5, 5.41) is 0. The fourth-order valence-electron chi connectivity index (χ4n) is 1.74. The predicted molar refractivity (Wildman–Crippen MR) is 83.4 cm³/mol. The number of benzene rings is 2. The van der Waals surface area contributed by atoms with Crippen molar-refractivity contribution in [2.45, 2.75) is 27.7 Å². The number of hydrogen-bond donors (Lipinski definition) is 0. The van der Waals surface area contributed by atoms with Crippen molar-refractivity contribution in [2.75, 3.05) is 0 Å². The Morgan fingerprint density at radius 1 is 0.842 bits per heavy atom. The molecule has 100 valence electrons. The van der Waals surface area contributed by atoms with Crippen molar-refractivity contribution in [1.82, 2.24) is 0 Å². The topological polar surface area (TPSA) is 9.23 Å². The lowest BCUT2D eigenvalue weighted by Crippen LogP contribution is -1.96. The molecule has 1 nitrogen and oxygen atoms in total. The normalized spacial score (nSPS) is 9.26. The van der Waals surface area contributed by atoms with Gasteiger partial charge in [-0.2, -0.15) is 0 Å². The SMILES string of the molecule is C=C(Oc1ccccc1C)c1ccccc1C.CC. The predicted octanol–water partition coefficient (Wildman–Crippen LogP) is 5.38. The van der Waals surface area contributed by atoms with Gasteiger partial charge in [-0.3, -0.25) is 0 Å². The molecule has 0 amide bonds. The molecule has 0 fully saturated rings. The van der Waals surface area contributed by atoms with Crippen LogP contribution in [0.15, 0.2) is 55.1 Å². The molecule has 1 heteroatoms. The van der Waals surface area contributed by atoms with Crippen LogP contribution in [0.5, 0.6) is 5.75 Å². The van der Waals surface area contributed by atoms with Gasteiger partial charge in [0.1, 0.15) is 11.5 Å². The van der Waals surface area contributed by atoms with Crippen molar-refractivity contribution in [1.29, 1.82) is 0 Å². The van der Waals surface area contributed by atoms with Gasteiger partial charge in [-0.15, -0.1) is 0 Å². The monoisotopic (exact) mass is 254 g/mol. The second-order valence-electron chi connectivity index (χ2n) is 4.11. The third kappa shape index (κ3) is 3.99. The van der Waals surface area contributed by atoms with E-state index >= 15 is 0 Å². The Balaban J connectivity index is 0.000000861. The van der Waals surface area contributed by atoms with E-state index in [1.54, 1.807) is 0 Å². The molecule has 19 heavy (non-hydrogen) atoms. The summed E-state index contributed by atoms with van der Waals surface area (Å²) in [4.78, 5) is 0. The molecule has 0 aliphatic rings. The number of ether oxygens (including phenoxy) is 1. The summed E-state index contributed by atoms with van der Waals surface area (Å²) in [7, 11) is 0. The maximum atomic E-state index is 5.82. The maximum Gasteiger partial charge on any atom is 0.130 e. The van der Waals surface area contributed by atoms with E-state index in [-0.39, 0.29) is 0 Å². The molecule has 0 spiro atoms. The van der Waals surface area contributed by atoms with Gasteiger partial charge in [0.05, 0.1) is 0 Å². The highest BCUT2D eigenvalue weighted by molar-refractivity contribution is 5.63. The van der Waals surface area contributed by atoms with Crippen LogP contribution in [0.25, 0.3) is 5.76 Å². The standard InChI is InChI=1S/C16H16O.C2H6/c1-12-8-4-6-10-15(12)14(3)17-16-11-7-5-9-13(16)2;1-2/h4-11H,3H2,1-2H3;1-2H3. The van der Waals surface area contributed by atoms with Crippen molar-refractivity contribution in [3.05, 3.63) is 71.8 Å². The van der Waals surface area contributed by atoms with Crippen molar-refractivity contribution in [2.24, 2.45) is 0 Å². The van der Waals surface area contributed by atoms with Gasteiger partial charge in [-0.1, -0.05) is 62.9 Å². The summed E-state index contributed by atoms with van der Waals surface area (Å²) >= 11 is 0. The summed E-state index contributed by atoms with van der Waals surface area (Å²) in [6, 6.07) is 16.0. The first-order valence-corrected chi connectivity index (χ1v) is 6.67. The Hall–Kier alpha value is -2.02. The Morgan fingerprint density at radius 3 is 1.95 bits per heavy atom.